The molecule has 7 nitrogen and oxygen atoms in total. The molecule has 37 heavy (non-hydrogen) atoms. The first-order valence-electron chi connectivity index (χ1n) is 12.3. The molecule has 0 aliphatic carbocycles. The van der Waals surface area contributed by atoms with Crippen LogP contribution in [0.4, 0.5) is 0 Å². The Balaban J connectivity index is 1.65. The van der Waals surface area contributed by atoms with Crippen molar-refractivity contribution in [3.05, 3.63) is 101 Å². The monoisotopic (exact) mass is 500 g/mol. The summed E-state index contributed by atoms with van der Waals surface area (Å²) in [5, 5.41) is 11.3. The van der Waals surface area contributed by atoms with Crippen LogP contribution >= 0.6 is 0 Å². The molecule has 1 aliphatic heterocycles. The topological polar surface area (TPSA) is 79.3 Å². The van der Waals surface area contributed by atoms with Gasteiger partial charge in [0.25, 0.3) is 11.7 Å². The minimum atomic E-state index is -0.704. The molecule has 1 saturated heterocycles. The molecule has 0 bridgehead atoms. The Morgan fingerprint density at radius 3 is 2.14 bits per heavy atom. The highest BCUT2D eigenvalue weighted by atomic mass is 16.5. The number of hydrogen-bond donors (Lipinski definition) is 1. The predicted molar refractivity (Wildman–Crippen MR) is 142 cm³/mol. The average molecular weight is 501 g/mol. The fraction of sp³-hybridized carbons (Fsp3) is 0.267. The summed E-state index contributed by atoms with van der Waals surface area (Å²) in [5.41, 5.74) is 2.29. The molecule has 4 rings (SSSR count). The van der Waals surface area contributed by atoms with E-state index in [1.54, 1.807) is 24.3 Å². The van der Waals surface area contributed by atoms with E-state index in [0.717, 1.165) is 11.1 Å². The normalized spacial score (nSPS) is 16.9. The Labute approximate surface area is 217 Å². The summed E-state index contributed by atoms with van der Waals surface area (Å²) in [5.74, 6) is -0.193. The van der Waals surface area contributed by atoms with Crippen LogP contribution in [0.15, 0.2) is 84.4 Å². The third-order valence-electron chi connectivity index (χ3n) is 6.21. The van der Waals surface area contributed by atoms with Gasteiger partial charge in [-0.15, -0.1) is 0 Å². The first-order valence-corrected chi connectivity index (χ1v) is 12.3. The number of nitrogens with zero attached hydrogens (tertiary/aromatic N) is 2. The highest BCUT2D eigenvalue weighted by Crippen LogP contribution is 2.39. The van der Waals surface area contributed by atoms with Crippen LogP contribution in [0.2, 0.25) is 0 Å². The minimum Gasteiger partial charge on any atom is -0.507 e. The predicted octanol–water partition coefficient (Wildman–Crippen LogP) is 4.65. The highest BCUT2D eigenvalue weighted by molar-refractivity contribution is 6.46. The second kappa shape index (κ2) is 11.8. The summed E-state index contributed by atoms with van der Waals surface area (Å²) in [6, 6.07) is 23.3. The van der Waals surface area contributed by atoms with Crippen LogP contribution < -0.4 is 9.47 Å². The SMILES string of the molecule is CCOc1ccc(C2/C(=C(\O)c3ccc(OCc4ccccc4)cc3)C(=O)C(=O)N2CCN(C)C)cc1. The molecule has 1 amide bonds. The molecular formula is C30H32N2O5. The van der Waals surface area contributed by atoms with E-state index in [1.165, 1.54) is 4.90 Å². The third kappa shape index (κ3) is 6.01. The molecule has 0 radical (unpaired) electrons. The Hall–Kier alpha value is -4.10. The number of hydrogen-bond acceptors (Lipinski definition) is 6. The summed E-state index contributed by atoms with van der Waals surface area (Å²) in [6.07, 6.45) is 0. The number of aliphatic hydroxyl groups is 1. The highest BCUT2D eigenvalue weighted by Gasteiger charge is 2.45. The lowest BCUT2D eigenvalue weighted by atomic mass is 9.95. The number of amides is 1. The smallest absolute Gasteiger partial charge is 0.295 e. The molecule has 1 aliphatic rings. The number of carbonyl (C=O) groups is 2. The zero-order chi connectivity index (χ0) is 26.4. The molecule has 0 spiro atoms. The van der Waals surface area contributed by atoms with E-state index in [1.807, 2.05) is 80.5 Å². The van der Waals surface area contributed by atoms with Crippen molar-refractivity contribution in [2.45, 2.75) is 19.6 Å². The number of aliphatic hydroxyl groups excluding tert-OH is 1. The van der Waals surface area contributed by atoms with Gasteiger partial charge in [0, 0.05) is 18.7 Å². The third-order valence-corrected chi connectivity index (χ3v) is 6.21. The van der Waals surface area contributed by atoms with Gasteiger partial charge in [-0.05, 0) is 68.5 Å². The quantitative estimate of drug-likeness (QED) is 0.248. The first kappa shape index (κ1) is 26.0. The van der Waals surface area contributed by atoms with Crippen LogP contribution in [-0.2, 0) is 16.2 Å². The van der Waals surface area contributed by atoms with Gasteiger partial charge in [-0.3, -0.25) is 9.59 Å². The Morgan fingerprint density at radius 1 is 0.892 bits per heavy atom. The second-order valence-electron chi connectivity index (χ2n) is 9.10. The zero-order valence-electron chi connectivity index (χ0n) is 21.4. The fourth-order valence-electron chi connectivity index (χ4n) is 4.28. The number of ketones is 1. The molecule has 1 unspecified atom stereocenters. The van der Waals surface area contributed by atoms with Crippen LogP contribution in [0.3, 0.4) is 0 Å². The van der Waals surface area contributed by atoms with Crippen molar-refractivity contribution in [1.82, 2.24) is 9.80 Å². The Kier molecular flexibility index (Phi) is 8.25. The number of benzene rings is 3. The summed E-state index contributed by atoms with van der Waals surface area (Å²) < 4.78 is 11.4. The lowest BCUT2D eigenvalue weighted by Gasteiger charge is -2.26. The number of ether oxygens (including phenoxy) is 2. The standard InChI is InChI=1S/C30H32N2O5/c1-4-36-24-14-10-22(11-15-24)27-26(29(34)30(35)32(27)19-18-31(2)3)28(33)23-12-16-25(17-13-23)37-20-21-8-6-5-7-9-21/h5-17,27,33H,4,18-20H2,1-3H3/b28-26+. The number of likely N-dealkylation sites (N-methyl/N-ethyl adjacent to an activating group) is 1. The van der Waals surface area contributed by atoms with Crippen LogP contribution in [0.1, 0.15) is 29.7 Å². The van der Waals surface area contributed by atoms with Crippen molar-refractivity contribution in [2.24, 2.45) is 0 Å². The summed E-state index contributed by atoms with van der Waals surface area (Å²) >= 11 is 0. The maximum atomic E-state index is 13.2. The number of likely N-dealkylation sites (tertiary alicyclic amines) is 1. The van der Waals surface area contributed by atoms with E-state index in [0.29, 0.717) is 43.4 Å². The Morgan fingerprint density at radius 2 is 1.51 bits per heavy atom. The summed E-state index contributed by atoms with van der Waals surface area (Å²) in [6.45, 7) is 3.78. The second-order valence-corrected chi connectivity index (χ2v) is 9.10. The Bertz CT molecular complexity index is 1250. The zero-order valence-corrected chi connectivity index (χ0v) is 21.4. The fourth-order valence-corrected chi connectivity index (χ4v) is 4.28. The van der Waals surface area contributed by atoms with Gasteiger partial charge in [0.2, 0.25) is 0 Å². The van der Waals surface area contributed by atoms with Gasteiger partial charge in [0.05, 0.1) is 18.2 Å². The van der Waals surface area contributed by atoms with Crippen LogP contribution in [0.5, 0.6) is 11.5 Å². The first-order chi connectivity index (χ1) is 17.9. The lowest BCUT2D eigenvalue weighted by Crippen LogP contribution is -2.35. The number of Topliss-reactive ketones (excluding diaryl/α,β-unsaturated/α-hetero) is 1. The van der Waals surface area contributed by atoms with Crippen LogP contribution in [0, 0.1) is 0 Å². The average Bonchev–Trinajstić information content (AvgIpc) is 3.17. The molecule has 1 N–H and O–H groups in total. The van der Waals surface area contributed by atoms with Gasteiger partial charge in [-0.2, -0.15) is 0 Å². The van der Waals surface area contributed by atoms with Crippen LogP contribution in [-0.4, -0.2) is 60.4 Å². The molecule has 1 fully saturated rings. The van der Waals surface area contributed by atoms with Gasteiger partial charge < -0.3 is 24.4 Å². The number of rotatable bonds is 10. The molecule has 3 aromatic rings. The van der Waals surface area contributed by atoms with Gasteiger partial charge in [-0.1, -0.05) is 42.5 Å². The van der Waals surface area contributed by atoms with Gasteiger partial charge in [0.1, 0.15) is 23.9 Å². The molecule has 0 aromatic heterocycles. The molecule has 7 heteroatoms. The molecule has 1 heterocycles. The van der Waals surface area contributed by atoms with E-state index in [-0.39, 0.29) is 11.3 Å². The van der Waals surface area contributed by atoms with Gasteiger partial charge in [0.15, 0.2) is 0 Å². The lowest BCUT2D eigenvalue weighted by molar-refractivity contribution is -0.140. The molecule has 0 saturated carbocycles. The minimum absolute atomic E-state index is 0.0749. The summed E-state index contributed by atoms with van der Waals surface area (Å²) in [7, 11) is 3.81. The molecule has 3 aromatic carbocycles. The van der Waals surface area contributed by atoms with E-state index in [9.17, 15) is 14.7 Å². The molecular weight excluding hydrogens is 468 g/mol. The van der Waals surface area contributed by atoms with Gasteiger partial charge >= 0.3 is 0 Å². The van der Waals surface area contributed by atoms with E-state index in [4.69, 9.17) is 9.47 Å². The maximum Gasteiger partial charge on any atom is 0.295 e. The van der Waals surface area contributed by atoms with Crippen molar-refractivity contribution in [2.75, 3.05) is 33.8 Å². The van der Waals surface area contributed by atoms with E-state index >= 15 is 0 Å². The molecule has 192 valence electrons. The summed E-state index contributed by atoms with van der Waals surface area (Å²) in [4.78, 5) is 29.7. The van der Waals surface area contributed by atoms with Crippen molar-refractivity contribution in [1.29, 1.82) is 0 Å². The largest absolute Gasteiger partial charge is 0.507 e. The molecule has 1 atom stereocenters. The van der Waals surface area contributed by atoms with Gasteiger partial charge in [-0.25, -0.2) is 0 Å². The van der Waals surface area contributed by atoms with Crippen LogP contribution in [0.25, 0.3) is 5.76 Å². The van der Waals surface area contributed by atoms with Crippen molar-refractivity contribution >= 4 is 17.4 Å². The van der Waals surface area contributed by atoms with E-state index < -0.39 is 17.7 Å². The van der Waals surface area contributed by atoms with E-state index in [2.05, 4.69) is 0 Å². The van der Waals surface area contributed by atoms with Crippen molar-refractivity contribution < 1.29 is 24.2 Å². The maximum absolute atomic E-state index is 13.2. The van der Waals surface area contributed by atoms with Crippen molar-refractivity contribution in [3.63, 3.8) is 0 Å². The van der Waals surface area contributed by atoms with Crippen molar-refractivity contribution in [3.8, 4) is 11.5 Å². The number of carbonyl (C=O) groups excluding carboxylic acids is 2.